The summed E-state index contributed by atoms with van der Waals surface area (Å²) in [5.41, 5.74) is 0.501. The van der Waals surface area contributed by atoms with E-state index in [0.29, 0.717) is 19.0 Å². The van der Waals surface area contributed by atoms with E-state index in [1.54, 1.807) is 0 Å². The SMILES string of the molecule is CC(O)(CNC1CC1)Cc1cccc(Br)c1. The van der Waals surface area contributed by atoms with E-state index in [2.05, 4.69) is 33.4 Å². The first kappa shape index (κ1) is 12.1. The predicted molar refractivity (Wildman–Crippen MR) is 69.5 cm³/mol. The van der Waals surface area contributed by atoms with Gasteiger partial charge in [0.25, 0.3) is 0 Å². The number of hydrogen-bond acceptors (Lipinski definition) is 2. The summed E-state index contributed by atoms with van der Waals surface area (Å²) >= 11 is 3.44. The van der Waals surface area contributed by atoms with Crippen LogP contribution in [0, 0.1) is 0 Å². The van der Waals surface area contributed by atoms with Crippen molar-refractivity contribution in [3.8, 4) is 0 Å². The third-order valence-electron chi connectivity index (χ3n) is 2.82. The third-order valence-corrected chi connectivity index (χ3v) is 3.32. The van der Waals surface area contributed by atoms with Gasteiger partial charge in [0.05, 0.1) is 5.60 Å². The Bertz CT molecular complexity index is 361. The van der Waals surface area contributed by atoms with E-state index in [1.807, 2.05) is 19.1 Å². The molecule has 0 radical (unpaired) electrons. The molecule has 88 valence electrons. The van der Waals surface area contributed by atoms with Gasteiger partial charge in [-0.1, -0.05) is 28.1 Å². The first-order valence-corrected chi connectivity index (χ1v) is 6.55. The molecule has 3 heteroatoms. The van der Waals surface area contributed by atoms with Crippen LogP contribution in [-0.2, 0) is 6.42 Å². The molecule has 1 aromatic carbocycles. The highest BCUT2D eigenvalue weighted by atomic mass is 79.9. The lowest BCUT2D eigenvalue weighted by molar-refractivity contribution is 0.0597. The lowest BCUT2D eigenvalue weighted by atomic mass is 9.96. The van der Waals surface area contributed by atoms with Crippen LogP contribution in [-0.4, -0.2) is 23.3 Å². The second-order valence-electron chi connectivity index (χ2n) is 4.96. The monoisotopic (exact) mass is 283 g/mol. The third kappa shape index (κ3) is 3.89. The summed E-state index contributed by atoms with van der Waals surface area (Å²) in [6.07, 6.45) is 3.20. The highest BCUT2D eigenvalue weighted by molar-refractivity contribution is 9.10. The standard InChI is InChI=1S/C13H18BrNO/c1-13(16,9-15-12-5-6-12)8-10-3-2-4-11(14)7-10/h2-4,7,12,15-16H,5-6,8-9H2,1H3. The molecule has 1 aliphatic carbocycles. The van der Waals surface area contributed by atoms with Crippen LogP contribution in [0.4, 0.5) is 0 Å². The average molecular weight is 284 g/mol. The maximum atomic E-state index is 10.3. The lowest BCUT2D eigenvalue weighted by Crippen LogP contribution is -2.40. The molecule has 0 saturated heterocycles. The maximum Gasteiger partial charge on any atom is 0.0783 e. The zero-order valence-corrected chi connectivity index (χ0v) is 11.1. The van der Waals surface area contributed by atoms with E-state index in [1.165, 1.54) is 12.8 Å². The van der Waals surface area contributed by atoms with Gasteiger partial charge in [-0.15, -0.1) is 0 Å². The topological polar surface area (TPSA) is 32.3 Å². The van der Waals surface area contributed by atoms with E-state index in [0.717, 1.165) is 10.0 Å². The Morgan fingerprint density at radius 3 is 2.88 bits per heavy atom. The molecule has 1 saturated carbocycles. The van der Waals surface area contributed by atoms with Crippen LogP contribution in [0.25, 0.3) is 0 Å². The van der Waals surface area contributed by atoms with Crippen LogP contribution >= 0.6 is 15.9 Å². The number of benzene rings is 1. The van der Waals surface area contributed by atoms with E-state index in [9.17, 15) is 5.11 Å². The zero-order chi connectivity index (χ0) is 11.6. The van der Waals surface area contributed by atoms with Gasteiger partial charge < -0.3 is 10.4 Å². The van der Waals surface area contributed by atoms with Gasteiger partial charge >= 0.3 is 0 Å². The summed E-state index contributed by atoms with van der Waals surface area (Å²) in [4.78, 5) is 0. The van der Waals surface area contributed by atoms with E-state index >= 15 is 0 Å². The van der Waals surface area contributed by atoms with E-state index in [4.69, 9.17) is 0 Å². The quantitative estimate of drug-likeness (QED) is 0.870. The van der Waals surface area contributed by atoms with Gasteiger partial charge in [0.15, 0.2) is 0 Å². The smallest absolute Gasteiger partial charge is 0.0783 e. The van der Waals surface area contributed by atoms with Crippen molar-refractivity contribution in [3.05, 3.63) is 34.3 Å². The van der Waals surface area contributed by atoms with Gasteiger partial charge in [-0.3, -0.25) is 0 Å². The molecule has 1 fully saturated rings. The van der Waals surface area contributed by atoms with Crippen molar-refractivity contribution in [1.82, 2.24) is 5.32 Å². The van der Waals surface area contributed by atoms with Gasteiger partial charge in [-0.05, 0) is 37.5 Å². The minimum atomic E-state index is -0.663. The van der Waals surface area contributed by atoms with E-state index in [-0.39, 0.29) is 0 Å². The predicted octanol–water partition coefficient (Wildman–Crippen LogP) is 2.49. The molecule has 1 atom stereocenters. The second kappa shape index (κ2) is 4.86. The Kier molecular flexibility index (Phi) is 3.67. The van der Waals surface area contributed by atoms with Gasteiger partial charge in [0.1, 0.15) is 0 Å². The molecule has 16 heavy (non-hydrogen) atoms. The molecule has 0 heterocycles. The Morgan fingerprint density at radius 1 is 1.50 bits per heavy atom. The minimum Gasteiger partial charge on any atom is -0.389 e. The number of hydrogen-bond donors (Lipinski definition) is 2. The van der Waals surface area contributed by atoms with Gasteiger partial charge in [0.2, 0.25) is 0 Å². The van der Waals surface area contributed by atoms with Crippen molar-refractivity contribution in [2.75, 3.05) is 6.54 Å². The van der Waals surface area contributed by atoms with Crippen LogP contribution in [0.3, 0.4) is 0 Å². The lowest BCUT2D eigenvalue weighted by Gasteiger charge is -2.24. The van der Waals surface area contributed by atoms with Gasteiger partial charge in [-0.25, -0.2) is 0 Å². The minimum absolute atomic E-state index is 0.647. The Hall–Kier alpha value is -0.380. The van der Waals surface area contributed by atoms with Crippen molar-refractivity contribution in [2.24, 2.45) is 0 Å². The fourth-order valence-electron chi connectivity index (χ4n) is 1.80. The summed E-state index contributed by atoms with van der Waals surface area (Å²) in [7, 11) is 0. The molecular formula is C13H18BrNO. The first-order valence-electron chi connectivity index (χ1n) is 5.75. The number of nitrogens with one attached hydrogen (secondary N) is 1. The molecule has 2 N–H and O–H groups in total. The largest absolute Gasteiger partial charge is 0.389 e. The summed E-state index contributed by atoms with van der Waals surface area (Å²) in [6.45, 7) is 2.56. The Balaban J connectivity index is 1.90. The molecule has 0 bridgehead atoms. The van der Waals surface area contributed by atoms with Gasteiger partial charge in [0, 0.05) is 23.5 Å². The van der Waals surface area contributed by atoms with Crippen LogP contribution in [0.1, 0.15) is 25.3 Å². The molecular weight excluding hydrogens is 266 g/mol. The van der Waals surface area contributed by atoms with Gasteiger partial charge in [-0.2, -0.15) is 0 Å². The Morgan fingerprint density at radius 2 is 2.25 bits per heavy atom. The zero-order valence-electron chi connectivity index (χ0n) is 9.54. The molecule has 0 spiro atoms. The summed E-state index contributed by atoms with van der Waals surface area (Å²) in [6, 6.07) is 8.76. The molecule has 0 amide bonds. The van der Waals surface area contributed by atoms with Crippen LogP contribution in [0.5, 0.6) is 0 Å². The molecule has 2 rings (SSSR count). The van der Waals surface area contributed by atoms with Crippen molar-refractivity contribution in [1.29, 1.82) is 0 Å². The molecule has 1 unspecified atom stereocenters. The fraction of sp³-hybridized carbons (Fsp3) is 0.538. The summed E-state index contributed by atoms with van der Waals surface area (Å²) < 4.78 is 1.07. The maximum absolute atomic E-state index is 10.3. The van der Waals surface area contributed by atoms with Crippen molar-refractivity contribution in [3.63, 3.8) is 0 Å². The number of halogens is 1. The van der Waals surface area contributed by atoms with Crippen LogP contribution in [0.15, 0.2) is 28.7 Å². The van der Waals surface area contributed by atoms with Crippen LogP contribution in [0.2, 0.25) is 0 Å². The second-order valence-corrected chi connectivity index (χ2v) is 5.87. The summed E-state index contributed by atoms with van der Waals surface area (Å²) in [5, 5.41) is 13.6. The van der Waals surface area contributed by atoms with E-state index < -0.39 is 5.60 Å². The Labute approximate surface area is 105 Å². The normalized spacial score (nSPS) is 19.4. The molecule has 1 aliphatic rings. The highest BCUT2D eigenvalue weighted by Gasteiger charge is 2.26. The number of aliphatic hydroxyl groups is 1. The van der Waals surface area contributed by atoms with Crippen molar-refractivity contribution in [2.45, 2.75) is 37.8 Å². The summed E-state index contributed by atoms with van der Waals surface area (Å²) in [5.74, 6) is 0. The number of rotatable bonds is 5. The average Bonchev–Trinajstić information content (AvgIpc) is 2.97. The van der Waals surface area contributed by atoms with Crippen LogP contribution < -0.4 is 5.32 Å². The highest BCUT2D eigenvalue weighted by Crippen LogP contribution is 2.21. The van der Waals surface area contributed by atoms with Crippen molar-refractivity contribution >= 4 is 15.9 Å². The fourth-order valence-corrected chi connectivity index (χ4v) is 2.25. The molecule has 2 nitrogen and oxygen atoms in total. The van der Waals surface area contributed by atoms with Crippen molar-refractivity contribution < 1.29 is 5.11 Å². The molecule has 1 aromatic rings. The first-order chi connectivity index (χ1) is 7.55. The molecule has 0 aromatic heterocycles. The molecule has 0 aliphatic heterocycles.